The first-order chi connectivity index (χ1) is 27.6. The monoisotopic (exact) mass is 813 g/mol. The summed E-state index contributed by atoms with van der Waals surface area (Å²) in [4.78, 5) is 13.3. The van der Waals surface area contributed by atoms with Crippen molar-refractivity contribution >= 4 is 41.6 Å². The van der Waals surface area contributed by atoms with Crippen LogP contribution in [0.5, 0.6) is 34.5 Å². The Morgan fingerprint density at radius 2 is 0.807 bits per heavy atom. The third kappa shape index (κ3) is 8.58. The molecule has 0 radical (unpaired) electrons. The van der Waals surface area contributed by atoms with E-state index in [0.717, 1.165) is 0 Å². The van der Waals surface area contributed by atoms with Gasteiger partial charge in [-0.15, -0.1) is 0 Å². The van der Waals surface area contributed by atoms with Crippen molar-refractivity contribution < 1.29 is 27.8 Å². The molecule has 0 aromatic heterocycles. The second kappa shape index (κ2) is 16.3. The quantitative estimate of drug-likeness (QED) is 0.0773. The van der Waals surface area contributed by atoms with Crippen LogP contribution in [-0.4, -0.2) is 9.21 Å². The van der Waals surface area contributed by atoms with Crippen molar-refractivity contribution in [2.24, 2.45) is 4.52 Å². The van der Waals surface area contributed by atoms with Gasteiger partial charge >= 0.3 is 331 Å². The van der Waals surface area contributed by atoms with Gasteiger partial charge in [0.2, 0.25) is 0 Å². The van der Waals surface area contributed by atoms with E-state index in [2.05, 4.69) is 18.2 Å². The molecule has 282 valence electrons. The summed E-state index contributed by atoms with van der Waals surface area (Å²) in [5.74, 6) is 1.44. The maximum absolute atomic E-state index is 9.63. The normalized spacial score (nSPS) is 16.5. The van der Waals surface area contributed by atoms with Gasteiger partial charge < -0.3 is 0 Å². The Labute approximate surface area is 330 Å². The molecule has 0 saturated carbocycles. The van der Waals surface area contributed by atoms with Crippen molar-refractivity contribution in [1.29, 1.82) is 15.8 Å². The van der Waals surface area contributed by atoms with Crippen molar-refractivity contribution in [1.82, 2.24) is 9.21 Å². The molecule has 15 nitrogen and oxygen atoms in total. The standard InChI is InChI=1S/C39H30N9O6P3/c40-25-28-1-13-37(14-2-28)52-57(53-38-15-3-29(26-41)4-16-38,54-39-17-5-30(27-42)6-18-39)46-55-47(49-34-19-7-31(43)8-20-34)56(51-36-23-11-33(45)12-24-36)48(57)50-35-21-9-32(44)10-22-35/h1-24H,43-45H2. The third-order valence-electron chi connectivity index (χ3n) is 7.78. The van der Waals surface area contributed by atoms with Crippen LogP contribution in [0.4, 0.5) is 17.1 Å². The van der Waals surface area contributed by atoms with E-state index in [1.165, 1.54) is 9.21 Å². The molecule has 7 rings (SSSR count). The molecule has 57 heavy (non-hydrogen) atoms. The topological polar surface area (TPSA) is 224 Å². The van der Waals surface area contributed by atoms with Crippen LogP contribution in [0.1, 0.15) is 16.7 Å². The van der Waals surface area contributed by atoms with Crippen molar-refractivity contribution in [2.45, 2.75) is 0 Å². The Balaban J connectivity index is 1.53. The molecule has 6 N–H and O–H groups in total. The summed E-state index contributed by atoms with van der Waals surface area (Å²) in [6.07, 6.45) is 0. The first-order valence-electron chi connectivity index (χ1n) is 16.7. The van der Waals surface area contributed by atoms with Crippen molar-refractivity contribution in [3.8, 4) is 52.7 Å². The van der Waals surface area contributed by atoms with E-state index in [1.54, 1.807) is 146 Å². The Kier molecular flexibility index (Phi) is 10.9. The minimum atomic E-state index is -5.62. The van der Waals surface area contributed by atoms with Crippen LogP contribution < -0.4 is 45.0 Å². The summed E-state index contributed by atoms with van der Waals surface area (Å²) in [5, 5.41) is 28.9. The minimum absolute atomic E-state index is 0.0466. The zero-order valence-electron chi connectivity index (χ0n) is 29.6. The first-order valence-corrected chi connectivity index (χ1v) is 20.6. The molecule has 1 heterocycles. The number of hydrogen-bond donors (Lipinski definition) is 3. The Hall–Kier alpha value is -7.13. The molecule has 18 heteroatoms. The second-order valence-corrected chi connectivity index (χ2v) is 17.7. The number of hydrogen-bond acceptors (Lipinski definition) is 15. The van der Waals surface area contributed by atoms with Gasteiger partial charge in [-0.2, -0.15) is 0 Å². The van der Waals surface area contributed by atoms with Gasteiger partial charge in [-0.25, -0.2) is 0 Å². The first kappa shape index (κ1) is 38.2. The van der Waals surface area contributed by atoms with Crippen LogP contribution in [0.15, 0.2) is 150 Å². The molecule has 6 aromatic rings. The Bertz CT molecular complexity index is 2360. The van der Waals surface area contributed by atoms with E-state index in [-0.39, 0.29) is 31.5 Å². The SMILES string of the molecule is N#Cc1ccc(OP2(Oc3ccc(C#N)cc3)(Oc3ccc(C#N)cc3)N=PN(Oc3ccc(N)cc3)P(Oc3ccc(N)cc3)N2Oc2ccc(N)cc2)cc1. The molecule has 0 saturated heterocycles. The molecule has 0 amide bonds. The van der Waals surface area contributed by atoms with Gasteiger partial charge in [-0.05, 0) is 0 Å². The summed E-state index contributed by atoms with van der Waals surface area (Å²) < 4.78 is 35.6. The van der Waals surface area contributed by atoms with Crippen LogP contribution in [0, 0.1) is 34.0 Å². The Morgan fingerprint density at radius 1 is 0.474 bits per heavy atom. The zero-order valence-corrected chi connectivity index (χ0v) is 32.2. The molecule has 0 bridgehead atoms. The fraction of sp³-hybridized carbons (Fsp3) is 0. The van der Waals surface area contributed by atoms with E-state index in [4.69, 9.17) is 49.5 Å². The summed E-state index contributed by atoms with van der Waals surface area (Å²) in [6.45, 7) is 0. The van der Waals surface area contributed by atoms with Gasteiger partial charge in [-0.3, -0.25) is 0 Å². The van der Waals surface area contributed by atoms with E-state index in [0.29, 0.717) is 45.3 Å². The number of nitriles is 3. The van der Waals surface area contributed by atoms with Crippen molar-refractivity contribution in [3.05, 3.63) is 162 Å². The summed E-state index contributed by atoms with van der Waals surface area (Å²) in [5.41, 5.74) is 20.7. The number of rotatable bonds is 12. The second-order valence-electron chi connectivity index (χ2n) is 11.9. The van der Waals surface area contributed by atoms with Crippen LogP contribution >= 0.6 is 24.6 Å². The van der Waals surface area contributed by atoms with Gasteiger partial charge in [-0.1, -0.05) is 0 Å². The number of benzene rings is 6. The van der Waals surface area contributed by atoms with Crippen molar-refractivity contribution in [3.63, 3.8) is 0 Å². The molecule has 0 fully saturated rings. The molecule has 1 aliphatic rings. The van der Waals surface area contributed by atoms with Crippen LogP contribution in [0.2, 0.25) is 0 Å². The van der Waals surface area contributed by atoms with E-state index >= 15 is 0 Å². The summed E-state index contributed by atoms with van der Waals surface area (Å²) >= 11 is 0. The molecule has 1 atom stereocenters. The van der Waals surface area contributed by atoms with Crippen LogP contribution in [-0.2, 0) is 0 Å². The van der Waals surface area contributed by atoms with Gasteiger partial charge in [0.25, 0.3) is 0 Å². The van der Waals surface area contributed by atoms with Crippen LogP contribution in [0.3, 0.4) is 0 Å². The van der Waals surface area contributed by atoms with Crippen molar-refractivity contribution in [2.75, 3.05) is 17.2 Å². The maximum atomic E-state index is 9.63. The number of anilines is 3. The van der Waals surface area contributed by atoms with E-state index in [1.807, 2.05) is 0 Å². The molecule has 1 aliphatic heterocycles. The fourth-order valence-corrected chi connectivity index (χ4v) is 12.7. The molecular weight excluding hydrogens is 783 g/mol. The predicted molar refractivity (Wildman–Crippen MR) is 217 cm³/mol. The average molecular weight is 814 g/mol. The molecule has 6 aromatic carbocycles. The van der Waals surface area contributed by atoms with Gasteiger partial charge in [0, 0.05) is 0 Å². The number of nitrogens with two attached hydrogens (primary N) is 3. The number of nitrogens with zero attached hydrogens (tertiary/aromatic N) is 6. The molecule has 0 aliphatic carbocycles. The molecular formula is C39H30N9O6P3. The van der Waals surface area contributed by atoms with Gasteiger partial charge in [0.05, 0.1) is 0 Å². The van der Waals surface area contributed by atoms with Gasteiger partial charge in [0.1, 0.15) is 0 Å². The summed E-state index contributed by atoms with van der Waals surface area (Å²) in [6, 6.07) is 44.9. The number of nitrogen functional groups attached to an aromatic ring is 3. The summed E-state index contributed by atoms with van der Waals surface area (Å²) in [7, 11) is -8.04. The third-order valence-corrected chi connectivity index (χ3v) is 14.9. The average Bonchev–Trinajstić information content (AvgIpc) is 3.23. The van der Waals surface area contributed by atoms with E-state index < -0.39 is 16.0 Å². The molecule has 1 unspecified atom stereocenters. The molecule has 0 spiro atoms. The fourth-order valence-electron chi connectivity index (χ4n) is 4.99. The van der Waals surface area contributed by atoms with Crippen LogP contribution in [0.25, 0.3) is 0 Å². The predicted octanol–water partition coefficient (Wildman–Crippen LogP) is 9.67. The zero-order chi connectivity index (χ0) is 39.9. The Morgan fingerprint density at radius 3 is 1.18 bits per heavy atom. The van der Waals surface area contributed by atoms with Gasteiger partial charge in [0.15, 0.2) is 0 Å². The van der Waals surface area contributed by atoms with E-state index in [9.17, 15) is 15.8 Å².